The van der Waals surface area contributed by atoms with Gasteiger partial charge in [0, 0.05) is 12.6 Å². The summed E-state index contributed by atoms with van der Waals surface area (Å²) < 4.78 is 16.0. The van der Waals surface area contributed by atoms with Crippen molar-refractivity contribution in [3.63, 3.8) is 0 Å². The van der Waals surface area contributed by atoms with Crippen LogP contribution in [0.3, 0.4) is 0 Å². The molecule has 1 aliphatic rings. The van der Waals surface area contributed by atoms with Gasteiger partial charge in [-0.2, -0.15) is 11.8 Å². The van der Waals surface area contributed by atoms with Crippen LogP contribution in [0.4, 0.5) is 4.39 Å². The summed E-state index contributed by atoms with van der Waals surface area (Å²) in [6.45, 7) is 4.67. The monoisotopic (exact) mass is 326 g/mol. The molecule has 2 aromatic rings. The van der Waals surface area contributed by atoms with Gasteiger partial charge in [-0.1, -0.05) is 0 Å². The Bertz CT molecular complexity index is 647. The third kappa shape index (κ3) is 3.07. The van der Waals surface area contributed by atoms with E-state index >= 15 is 0 Å². The molecule has 21 heavy (non-hydrogen) atoms. The fourth-order valence-electron chi connectivity index (χ4n) is 2.95. The highest BCUT2D eigenvalue weighted by Crippen LogP contribution is 2.30. The second-order valence-electron chi connectivity index (χ2n) is 5.84. The summed E-state index contributed by atoms with van der Waals surface area (Å²) in [5, 5.41) is -0.168. The lowest BCUT2D eigenvalue weighted by molar-refractivity contribution is 0.415. The Labute approximate surface area is 134 Å². The van der Waals surface area contributed by atoms with Crippen LogP contribution in [-0.4, -0.2) is 21.1 Å². The van der Waals surface area contributed by atoms with Gasteiger partial charge in [0.1, 0.15) is 11.6 Å². The van der Waals surface area contributed by atoms with Crippen LogP contribution in [-0.2, 0) is 6.54 Å². The molecule has 0 radical (unpaired) electrons. The summed E-state index contributed by atoms with van der Waals surface area (Å²) in [7, 11) is 0. The summed E-state index contributed by atoms with van der Waals surface area (Å²) in [4.78, 5) is 4.57. The van der Waals surface area contributed by atoms with Gasteiger partial charge in [0.05, 0.1) is 16.4 Å². The summed E-state index contributed by atoms with van der Waals surface area (Å²) in [6, 6.07) is 3.43. The van der Waals surface area contributed by atoms with E-state index < -0.39 is 0 Å². The van der Waals surface area contributed by atoms with Gasteiger partial charge in [-0.3, -0.25) is 0 Å². The number of thioether (sulfide) groups is 1. The lowest BCUT2D eigenvalue weighted by Crippen LogP contribution is -2.18. The van der Waals surface area contributed by atoms with Crippen molar-refractivity contribution in [1.82, 2.24) is 9.55 Å². The summed E-state index contributed by atoms with van der Waals surface area (Å²) in [5.74, 6) is 3.79. The van der Waals surface area contributed by atoms with E-state index in [-0.39, 0.29) is 11.2 Å². The number of rotatable bonds is 3. The molecule has 2 heterocycles. The maximum Gasteiger partial charge on any atom is 0.128 e. The van der Waals surface area contributed by atoms with E-state index in [4.69, 9.17) is 11.6 Å². The van der Waals surface area contributed by atoms with E-state index in [9.17, 15) is 4.39 Å². The molecule has 1 fully saturated rings. The molecule has 1 aliphatic heterocycles. The van der Waals surface area contributed by atoms with Crippen LogP contribution < -0.4 is 0 Å². The molecule has 1 aromatic heterocycles. The van der Waals surface area contributed by atoms with Crippen molar-refractivity contribution in [2.75, 3.05) is 11.5 Å². The number of imidazole rings is 1. The fourth-order valence-corrected chi connectivity index (χ4v) is 4.32. The molecule has 0 spiro atoms. The van der Waals surface area contributed by atoms with Crippen LogP contribution in [0.25, 0.3) is 11.0 Å². The number of benzene rings is 1. The van der Waals surface area contributed by atoms with Crippen molar-refractivity contribution in [3.05, 3.63) is 29.3 Å². The minimum absolute atomic E-state index is 0.168. The van der Waals surface area contributed by atoms with Crippen LogP contribution in [0.2, 0.25) is 0 Å². The lowest BCUT2D eigenvalue weighted by Gasteiger charge is -2.23. The number of aryl methyl sites for hydroxylation is 1. The molecule has 0 bridgehead atoms. The lowest BCUT2D eigenvalue weighted by atomic mass is 10.0. The fraction of sp³-hybridized carbons (Fsp3) is 0.562. The predicted octanol–water partition coefficient (Wildman–Crippen LogP) is 4.93. The quantitative estimate of drug-likeness (QED) is 0.744. The van der Waals surface area contributed by atoms with E-state index in [2.05, 4.69) is 9.55 Å². The Kier molecular flexibility index (Phi) is 4.46. The van der Waals surface area contributed by atoms with Crippen LogP contribution in [0.5, 0.6) is 0 Å². The maximum absolute atomic E-state index is 13.8. The third-order valence-corrected chi connectivity index (χ3v) is 5.44. The first-order valence-electron chi connectivity index (χ1n) is 7.44. The standard InChI is InChI=1S/C16H20ClFN2S/c1-10-7-15-14(8-13(10)18)19-16(11(2)17)20(15)9-12-3-5-21-6-4-12/h7-8,11-12H,3-6,9H2,1-2H3. The minimum Gasteiger partial charge on any atom is -0.326 e. The van der Waals surface area contributed by atoms with Gasteiger partial charge < -0.3 is 4.57 Å². The van der Waals surface area contributed by atoms with Gasteiger partial charge in [-0.25, -0.2) is 9.37 Å². The maximum atomic E-state index is 13.8. The Hall–Kier alpha value is -0.740. The largest absolute Gasteiger partial charge is 0.326 e. The van der Waals surface area contributed by atoms with Crippen LogP contribution in [0, 0.1) is 18.7 Å². The zero-order chi connectivity index (χ0) is 15.0. The van der Waals surface area contributed by atoms with Gasteiger partial charge in [-0.05, 0) is 55.7 Å². The molecule has 1 atom stereocenters. The van der Waals surface area contributed by atoms with Crippen molar-refractivity contribution in [2.24, 2.45) is 5.92 Å². The highest BCUT2D eigenvalue weighted by molar-refractivity contribution is 7.99. The summed E-state index contributed by atoms with van der Waals surface area (Å²) in [5.41, 5.74) is 2.39. The first-order valence-corrected chi connectivity index (χ1v) is 9.03. The number of hydrogen-bond donors (Lipinski definition) is 0. The van der Waals surface area contributed by atoms with E-state index in [1.807, 2.05) is 24.8 Å². The number of hydrogen-bond acceptors (Lipinski definition) is 2. The Morgan fingerprint density at radius 3 is 2.81 bits per heavy atom. The van der Waals surface area contributed by atoms with Crippen molar-refractivity contribution >= 4 is 34.4 Å². The van der Waals surface area contributed by atoms with Crippen molar-refractivity contribution < 1.29 is 4.39 Å². The molecular weight excluding hydrogens is 307 g/mol. The zero-order valence-electron chi connectivity index (χ0n) is 12.4. The molecule has 2 nitrogen and oxygen atoms in total. The second kappa shape index (κ2) is 6.17. The second-order valence-corrected chi connectivity index (χ2v) is 7.72. The Balaban J connectivity index is 2.04. The molecule has 1 aromatic carbocycles. The highest BCUT2D eigenvalue weighted by atomic mass is 35.5. The average Bonchev–Trinajstić information content (AvgIpc) is 2.79. The topological polar surface area (TPSA) is 17.8 Å². The van der Waals surface area contributed by atoms with Crippen LogP contribution in [0.15, 0.2) is 12.1 Å². The van der Waals surface area contributed by atoms with Crippen molar-refractivity contribution in [3.8, 4) is 0 Å². The number of alkyl halides is 1. The minimum atomic E-state index is -0.199. The average molecular weight is 327 g/mol. The number of halogens is 2. The van der Waals surface area contributed by atoms with Crippen molar-refractivity contribution in [1.29, 1.82) is 0 Å². The number of fused-ring (bicyclic) bond motifs is 1. The molecule has 3 rings (SSSR count). The van der Waals surface area contributed by atoms with Crippen LogP contribution in [0.1, 0.15) is 36.5 Å². The van der Waals surface area contributed by atoms with Crippen molar-refractivity contribution in [2.45, 2.75) is 38.6 Å². The van der Waals surface area contributed by atoms with Gasteiger partial charge in [0.2, 0.25) is 0 Å². The van der Waals surface area contributed by atoms with E-state index in [1.165, 1.54) is 30.4 Å². The van der Waals surface area contributed by atoms with E-state index in [0.717, 1.165) is 17.9 Å². The third-order valence-electron chi connectivity index (χ3n) is 4.20. The highest BCUT2D eigenvalue weighted by Gasteiger charge is 2.21. The van der Waals surface area contributed by atoms with Gasteiger partial charge >= 0.3 is 0 Å². The molecule has 0 amide bonds. The normalized spacial score (nSPS) is 18.3. The smallest absolute Gasteiger partial charge is 0.128 e. The molecule has 5 heteroatoms. The molecule has 0 N–H and O–H groups in total. The molecule has 0 aliphatic carbocycles. The number of aromatic nitrogens is 2. The molecular formula is C16H20ClFN2S. The molecule has 1 saturated heterocycles. The Morgan fingerprint density at radius 1 is 1.43 bits per heavy atom. The number of nitrogens with zero attached hydrogens (tertiary/aromatic N) is 2. The summed E-state index contributed by atoms with van der Waals surface area (Å²) >= 11 is 8.33. The van der Waals surface area contributed by atoms with E-state index in [0.29, 0.717) is 17.0 Å². The van der Waals surface area contributed by atoms with Gasteiger partial charge in [-0.15, -0.1) is 11.6 Å². The molecule has 0 saturated carbocycles. The van der Waals surface area contributed by atoms with Gasteiger partial charge in [0.25, 0.3) is 0 Å². The first-order chi connectivity index (χ1) is 10.1. The van der Waals surface area contributed by atoms with Crippen LogP contribution >= 0.6 is 23.4 Å². The molecule has 1 unspecified atom stereocenters. The zero-order valence-corrected chi connectivity index (χ0v) is 14.0. The first kappa shape index (κ1) is 15.2. The molecule has 114 valence electrons. The summed E-state index contributed by atoms with van der Waals surface area (Å²) in [6.07, 6.45) is 2.47. The predicted molar refractivity (Wildman–Crippen MR) is 88.7 cm³/mol. The SMILES string of the molecule is Cc1cc2c(cc1F)nc(C(C)Cl)n2CC1CCSCC1. The van der Waals surface area contributed by atoms with E-state index in [1.54, 1.807) is 6.92 Å². The van der Waals surface area contributed by atoms with Gasteiger partial charge in [0.15, 0.2) is 0 Å². The Morgan fingerprint density at radius 2 is 2.14 bits per heavy atom.